The molecule has 1 N–H and O–H groups in total. The summed E-state index contributed by atoms with van der Waals surface area (Å²) in [6.07, 6.45) is 0. The van der Waals surface area contributed by atoms with Gasteiger partial charge in [-0.05, 0) is 18.1 Å². The van der Waals surface area contributed by atoms with E-state index < -0.39 is 17.5 Å². The maximum absolute atomic E-state index is 13.8. The van der Waals surface area contributed by atoms with Crippen LogP contribution in [-0.4, -0.2) is 29.9 Å². The first-order chi connectivity index (χ1) is 8.47. The van der Waals surface area contributed by atoms with E-state index in [1.807, 2.05) is 0 Å². The zero-order valence-corrected chi connectivity index (χ0v) is 10.4. The molecule has 0 bridgehead atoms. The largest absolute Gasteiger partial charge is 0.396 e. The van der Waals surface area contributed by atoms with Gasteiger partial charge in [0.15, 0.2) is 0 Å². The Bertz CT molecular complexity index is 532. The molecule has 0 fully saturated rings. The Kier molecular flexibility index (Phi) is 3.36. The number of amides is 1. The summed E-state index contributed by atoms with van der Waals surface area (Å²) in [7, 11) is 0. The van der Waals surface area contributed by atoms with Crippen LogP contribution in [0.2, 0.25) is 5.02 Å². The Hall–Kier alpha value is -1.46. The molecular weight excluding hydrogens is 261 g/mol. The summed E-state index contributed by atoms with van der Waals surface area (Å²) < 4.78 is 13.8. The van der Waals surface area contributed by atoms with Crippen molar-refractivity contribution < 1.29 is 19.1 Å². The summed E-state index contributed by atoms with van der Waals surface area (Å²) in [5.74, 6) is -2.54. The molecule has 1 heterocycles. The molecule has 0 spiro atoms. The lowest BCUT2D eigenvalue weighted by Crippen LogP contribution is -2.35. The van der Waals surface area contributed by atoms with Gasteiger partial charge < -0.3 is 10.0 Å². The number of aliphatic hydroxyl groups is 1. The van der Waals surface area contributed by atoms with Gasteiger partial charge in [-0.15, -0.1) is 0 Å². The Balaban J connectivity index is 2.51. The molecule has 4 nitrogen and oxygen atoms in total. The van der Waals surface area contributed by atoms with E-state index >= 15 is 0 Å². The zero-order valence-electron chi connectivity index (χ0n) is 9.61. The number of fused-ring (bicyclic) bond motifs is 1. The molecule has 0 saturated heterocycles. The van der Waals surface area contributed by atoms with E-state index in [0.717, 1.165) is 11.0 Å². The van der Waals surface area contributed by atoms with Gasteiger partial charge >= 0.3 is 0 Å². The quantitative estimate of drug-likeness (QED) is 0.850. The topological polar surface area (TPSA) is 57.6 Å². The molecule has 18 heavy (non-hydrogen) atoms. The summed E-state index contributed by atoms with van der Waals surface area (Å²) >= 11 is 5.82. The third-order valence-electron chi connectivity index (χ3n) is 2.82. The second kappa shape index (κ2) is 4.66. The normalized spacial score (nSPS) is 16.1. The van der Waals surface area contributed by atoms with E-state index in [1.54, 1.807) is 6.92 Å². The smallest absolute Gasteiger partial charge is 0.299 e. The molecule has 1 aliphatic rings. The molecule has 1 unspecified atom stereocenters. The van der Waals surface area contributed by atoms with Gasteiger partial charge in [0.2, 0.25) is 0 Å². The summed E-state index contributed by atoms with van der Waals surface area (Å²) in [5, 5.41) is 9.04. The predicted molar refractivity (Wildman–Crippen MR) is 64.3 cm³/mol. The lowest BCUT2D eigenvalue weighted by atomic mass is 10.1. The van der Waals surface area contributed by atoms with Crippen molar-refractivity contribution in [1.82, 2.24) is 0 Å². The molecule has 1 aromatic rings. The van der Waals surface area contributed by atoms with Crippen molar-refractivity contribution in [2.24, 2.45) is 5.92 Å². The van der Waals surface area contributed by atoms with Gasteiger partial charge in [0.05, 0.1) is 16.3 Å². The standard InChI is InChI=1S/C12H11ClFNO3/c1-6(5-16)4-15-10-8(14)3-2-7(13)9(10)11(17)12(15)18/h2-3,6,16H,4-5H2,1H3. The number of carbonyl (C=O) groups excluding carboxylic acids is 2. The fourth-order valence-corrected chi connectivity index (χ4v) is 2.13. The number of carbonyl (C=O) groups is 2. The van der Waals surface area contributed by atoms with Crippen molar-refractivity contribution in [3.63, 3.8) is 0 Å². The number of nitrogens with zero attached hydrogens (tertiary/aromatic N) is 1. The molecule has 0 aliphatic carbocycles. The van der Waals surface area contributed by atoms with Crippen LogP contribution in [0, 0.1) is 11.7 Å². The minimum atomic E-state index is -0.808. The Morgan fingerprint density at radius 3 is 2.72 bits per heavy atom. The first-order valence-electron chi connectivity index (χ1n) is 5.42. The number of ketones is 1. The molecule has 6 heteroatoms. The Labute approximate surface area is 108 Å². The monoisotopic (exact) mass is 271 g/mol. The van der Waals surface area contributed by atoms with Gasteiger partial charge in [0.25, 0.3) is 11.7 Å². The summed E-state index contributed by atoms with van der Waals surface area (Å²) in [5.41, 5.74) is -0.176. The lowest BCUT2D eigenvalue weighted by molar-refractivity contribution is -0.114. The fraction of sp³-hybridized carbons (Fsp3) is 0.333. The van der Waals surface area contributed by atoms with Gasteiger partial charge in [0.1, 0.15) is 5.82 Å². The minimum Gasteiger partial charge on any atom is -0.396 e. The van der Waals surface area contributed by atoms with Crippen molar-refractivity contribution in [2.75, 3.05) is 18.1 Å². The predicted octanol–water partition coefficient (Wildman–Crippen LogP) is 1.64. The zero-order chi connectivity index (χ0) is 13.4. The van der Waals surface area contributed by atoms with Gasteiger partial charge in [-0.3, -0.25) is 9.59 Å². The van der Waals surface area contributed by atoms with E-state index in [2.05, 4.69) is 0 Å². The third kappa shape index (κ3) is 1.89. The van der Waals surface area contributed by atoms with Gasteiger partial charge in [-0.2, -0.15) is 0 Å². The number of anilines is 1. The highest BCUT2D eigenvalue weighted by atomic mass is 35.5. The van der Waals surface area contributed by atoms with Crippen LogP contribution in [0.1, 0.15) is 17.3 Å². The number of hydrogen-bond donors (Lipinski definition) is 1. The maximum atomic E-state index is 13.8. The van der Waals surface area contributed by atoms with Gasteiger partial charge in [0, 0.05) is 13.2 Å². The third-order valence-corrected chi connectivity index (χ3v) is 3.14. The maximum Gasteiger partial charge on any atom is 0.299 e. The van der Waals surface area contributed by atoms with Gasteiger partial charge in [-0.25, -0.2) is 4.39 Å². The number of aliphatic hydroxyl groups excluding tert-OH is 1. The SMILES string of the molecule is CC(CO)CN1C(=O)C(=O)c2c(Cl)ccc(F)c21. The van der Waals surface area contributed by atoms with Crippen LogP contribution in [-0.2, 0) is 4.79 Å². The Morgan fingerprint density at radius 1 is 1.44 bits per heavy atom. The lowest BCUT2D eigenvalue weighted by Gasteiger charge is -2.20. The average molecular weight is 272 g/mol. The van der Waals surface area contributed by atoms with Crippen LogP contribution >= 0.6 is 11.6 Å². The van der Waals surface area contributed by atoms with Crippen molar-refractivity contribution in [1.29, 1.82) is 0 Å². The van der Waals surface area contributed by atoms with Crippen LogP contribution in [0.5, 0.6) is 0 Å². The van der Waals surface area contributed by atoms with E-state index in [9.17, 15) is 14.0 Å². The number of benzene rings is 1. The molecule has 0 aromatic heterocycles. The van der Waals surface area contributed by atoms with Crippen molar-refractivity contribution in [3.8, 4) is 0 Å². The number of hydrogen-bond acceptors (Lipinski definition) is 3. The summed E-state index contributed by atoms with van der Waals surface area (Å²) in [6.45, 7) is 1.61. The summed E-state index contributed by atoms with van der Waals surface area (Å²) in [4.78, 5) is 24.6. The van der Waals surface area contributed by atoms with Crippen LogP contribution in [0.4, 0.5) is 10.1 Å². The van der Waals surface area contributed by atoms with Gasteiger partial charge in [-0.1, -0.05) is 18.5 Å². The van der Waals surface area contributed by atoms with Crippen LogP contribution in [0.15, 0.2) is 12.1 Å². The molecule has 0 radical (unpaired) electrons. The molecule has 0 saturated carbocycles. The Morgan fingerprint density at radius 2 is 2.11 bits per heavy atom. The van der Waals surface area contributed by atoms with E-state index in [0.29, 0.717) is 0 Å². The highest BCUT2D eigenvalue weighted by Crippen LogP contribution is 2.36. The molecular formula is C12H11ClFNO3. The van der Waals surface area contributed by atoms with Crippen molar-refractivity contribution in [3.05, 3.63) is 28.5 Å². The van der Waals surface area contributed by atoms with Crippen LogP contribution in [0.25, 0.3) is 0 Å². The first-order valence-corrected chi connectivity index (χ1v) is 5.80. The molecule has 1 amide bonds. The first kappa shape index (κ1) is 13.0. The highest BCUT2D eigenvalue weighted by molar-refractivity contribution is 6.55. The molecule has 96 valence electrons. The van der Waals surface area contributed by atoms with Crippen LogP contribution < -0.4 is 4.90 Å². The average Bonchev–Trinajstić information content (AvgIpc) is 2.60. The molecule has 1 atom stereocenters. The molecule has 1 aromatic carbocycles. The van der Waals surface area contributed by atoms with Crippen molar-refractivity contribution >= 4 is 29.0 Å². The minimum absolute atomic E-state index is 0.0592. The molecule has 1 aliphatic heterocycles. The second-order valence-electron chi connectivity index (χ2n) is 4.29. The number of Topliss-reactive ketones (excluding diaryl/α,β-unsaturated/α-hetero) is 1. The molecule has 2 rings (SSSR count). The van der Waals surface area contributed by atoms with E-state index in [4.69, 9.17) is 16.7 Å². The van der Waals surface area contributed by atoms with E-state index in [-0.39, 0.29) is 35.3 Å². The summed E-state index contributed by atoms with van der Waals surface area (Å²) in [6, 6.07) is 2.36. The van der Waals surface area contributed by atoms with Crippen LogP contribution in [0.3, 0.4) is 0 Å². The second-order valence-corrected chi connectivity index (χ2v) is 4.69. The highest BCUT2D eigenvalue weighted by Gasteiger charge is 2.40. The van der Waals surface area contributed by atoms with E-state index in [1.165, 1.54) is 6.07 Å². The fourth-order valence-electron chi connectivity index (χ4n) is 1.90. The number of rotatable bonds is 3. The number of halogens is 2. The van der Waals surface area contributed by atoms with Crippen molar-refractivity contribution in [2.45, 2.75) is 6.92 Å².